The fraction of sp³-hybridized carbons (Fsp3) is 0.458. The van der Waals surface area contributed by atoms with Gasteiger partial charge in [0.05, 0.1) is 19.0 Å². The molecule has 180 valence electrons. The minimum absolute atomic E-state index is 0.137. The predicted octanol–water partition coefficient (Wildman–Crippen LogP) is 1.67. The summed E-state index contributed by atoms with van der Waals surface area (Å²) in [5, 5.41) is 7.68. The van der Waals surface area contributed by atoms with E-state index in [1.807, 2.05) is 30.3 Å². The number of anilines is 3. The summed E-state index contributed by atoms with van der Waals surface area (Å²) < 4.78 is 7.20. The van der Waals surface area contributed by atoms with Gasteiger partial charge in [0.25, 0.3) is 5.91 Å². The molecule has 0 bridgehead atoms. The van der Waals surface area contributed by atoms with E-state index in [2.05, 4.69) is 32.0 Å². The Bertz CT molecular complexity index is 1170. The molecule has 0 aliphatic carbocycles. The van der Waals surface area contributed by atoms with E-state index in [0.717, 1.165) is 63.6 Å². The largest absolute Gasteiger partial charge is 0.494 e. The van der Waals surface area contributed by atoms with Gasteiger partial charge in [-0.05, 0) is 44.2 Å². The number of likely N-dealkylation sites (N-methyl/N-ethyl adjacent to an activating group) is 1. The van der Waals surface area contributed by atoms with Crippen LogP contribution in [0.5, 0.6) is 5.75 Å². The maximum atomic E-state index is 13.2. The molecular weight excluding hydrogens is 432 g/mol. The van der Waals surface area contributed by atoms with Crippen LogP contribution >= 0.6 is 0 Å². The van der Waals surface area contributed by atoms with E-state index in [4.69, 9.17) is 15.6 Å². The molecule has 0 saturated carbocycles. The number of rotatable bonds is 5. The molecule has 0 radical (unpaired) electrons. The fourth-order valence-electron chi connectivity index (χ4n) is 4.64. The van der Waals surface area contributed by atoms with Crippen molar-refractivity contribution >= 4 is 28.7 Å². The van der Waals surface area contributed by atoms with Gasteiger partial charge in [0, 0.05) is 57.1 Å². The van der Waals surface area contributed by atoms with Crippen LogP contribution in [0.4, 0.5) is 17.2 Å². The highest BCUT2D eigenvalue weighted by Gasteiger charge is 2.21. The molecule has 5 rings (SSSR count). The molecule has 10 heteroatoms. The first kappa shape index (κ1) is 22.4. The van der Waals surface area contributed by atoms with Gasteiger partial charge in [-0.2, -0.15) is 0 Å². The number of hydrogen-bond acceptors (Lipinski definition) is 8. The van der Waals surface area contributed by atoms with Gasteiger partial charge < -0.3 is 30.5 Å². The third-order valence-electron chi connectivity index (χ3n) is 6.66. The second-order valence-electron chi connectivity index (χ2n) is 9.08. The Morgan fingerprint density at radius 1 is 1.12 bits per heavy atom. The number of hydrogen-bond donors (Lipinski definition) is 2. The van der Waals surface area contributed by atoms with E-state index in [1.54, 1.807) is 17.8 Å². The zero-order valence-corrected chi connectivity index (χ0v) is 19.8. The van der Waals surface area contributed by atoms with Crippen molar-refractivity contribution in [1.29, 1.82) is 0 Å². The van der Waals surface area contributed by atoms with Crippen molar-refractivity contribution in [3.8, 4) is 5.75 Å². The molecule has 2 aromatic heterocycles. The van der Waals surface area contributed by atoms with Crippen LogP contribution in [0.25, 0.3) is 5.65 Å². The molecule has 2 saturated heterocycles. The van der Waals surface area contributed by atoms with E-state index >= 15 is 0 Å². The van der Waals surface area contributed by atoms with Crippen molar-refractivity contribution in [1.82, 2.24) is 19.5 Å². The van der Waals surface area contributed by atoms with Crippen molar-refractivity contribution in [2.45, 2.75) is 18.9 Å². The lowest BCUT2D eigenvalue weighted by atomic mass is 10.1. The van der Waals surface area contributed by atoms with Gasteiger partial charge in [0.1, 0.15) is 11.6 Å². The molecule has 1 atom stereocenters. The number of fused-ring (bicyclic) bond motifs is 1. The SMILES string of the molecule is COc1cc(N2CCN(C)CC2)ccc1NC(=O)c1cnc2ccc(N3CCC[C@@H](N)C3)nn12. The number of aromatic nitrogens is 3. The summed E-state index contributed by atoms with van der Waals surface area (Å²) in [7, 11) is 3.75. The molecule has 0 unspecified atom stereocenters. The smallest absolute Gasteiger partial charge is 0.276 e. The number of amides is 1. The highest BCUT2D eigenvalue weighted by Crippen LogP contribution is 2.31. The number of imidazole rings is 1. The number of nitrogens with one attached hydrogen (secondary N) is 1. The first-order valence-electron chi connectivity index (χ1n) is 11.8. The maximum absolute atomic E-state index is 13.2. The molecule has 3 N–H and O–H groups in total. The summed E-state index contributed by atoms with van der Waals surface area (Å²) in [6.45, 7) is 5.62. The number of piperidine rings is 1. The number of piperazine rings is 1. The summed E-state index contributed by atoms with van der Waals surface area (Å²) in [4.78, 5) is 24.4. The summed E-state index contributed by atoms with van der Waals surface area (Å²) in [5.74, 6) is 1.12. The third kappa shape index (κ3) is 4.51. The summed E-state index contributed by atoms with van der Waals surface area (Å²) in [5.41, 5.74) is 8.82. The van der Waals surface area contributed by atoms with Gasteiger partial charge in [-0.25, -0.2) is 9.50 Å². The lowest BCUT2D eigenvalue weighted by Crippen LogP contribution is -2.44. The Morgan fingerprint density at radius 3 is 2.71 bits per heavy atom. The molecule has 10 nitrogen and oxygen atoms in total. The second kappa shape index (κ2) is 9.47. The normalized spacial score (nSPS) is 19.4. The Balaban J connectivity index is 1.36. The van der Waals surface area contributed by atoms with Crippen LogP contribution in [-0.2, 0) is 0 Å². The summed E-state index contributed by atoms with van der Waals surface area (Å²) >= 11 is 0. The fourth-order valence-corrected chi connectivity index (χ4v) is 4.64. The number of nitrogens with zero attached hydrogens (tertiary/aromatic N) is 6. The first-order valence-corrected chi connectivity index (χ1v) is 11.8. The minimum Gasteiger partial charge on any atom is -0.494 e. The van der Waals surface area contributed by atoms with E-state index in [-0.39, 0.29) is 11.9 Å². The number of carbonyl (C=O) groups excluding carboxylic acids is 1. The lowest BCUT2D eigenvalue weighted by Gasteiger charge is -2.34. The van der Waals surface area contributed by atoms with Crippen LogP contribution in [0.2, 0.25) is 0 Å². The Kier molecular flexibility index (Phi) is 6.25. The molecule has 2 aliphatic heterocycles. The zero-order chi connectivity index (χ0) is 23.7. The van der Waals surface area contributed by atoms with E-state index < -0.39 is 0 Å². The van der Waals surface area contributed by atoms with Crippen molar-refractivity contribution in [2.24, 2.45) is 5.73 Å². The van der Waals surface area contributed by atoms with Gasteiger partial charge in [-0.15, -0.1) is 5.10 Å². The average molecular weight is 465 g/mol. The molecule has 4 heterocycles. The van der Waals surface area contributed by atoms with Crippen LogP contribution in [0, 0.1) is 0 Å². The highest BCUT2D eigenvalue weighted by atomic mass is 16.5. The topological polar surface area (TPSA) is 104 Å². The highest BCUT2D eigenvalue weighted by molar-refractivity contribution is 6.04. The van der Waals surface area contributed by atoms with Crippen LogP contribution in [0.3, 0.4) is 0 Å². The molecule has 3 aromatic rings. The van der Waals surface area contributed by atoms with Gasteiger partial charge >= 0.3 is 0 Å². The Labute approximate surface area is 199 Å². The molecule has 2 aliphatic rings. The van der Waals surface area contributed by atoms with E-state index in [1.165, 1.54) is 0 Å². The van der Waals surface area contributed by atoms with Crippen LogP contribution < -0.4 is 25.6 Å². The lowest BCUT2D eigenvalue weighted by molar-refractivity contribution is 0.102. The Hall–Kier alpha value is -3.37. The van der Waals surface area contributed by atoms with Crippen molar-refractivity contribution in [2.75, 3.05) is 68.5 Å². The summed E-state index contributed by atoms with van der Waals surface area (Å²) in [6.07, 6.45) is 3.60. The number of nitrogens with two attached hydrogens (primary N) is 1. The monoisotopic (exact) mass is 464 g/mol. The van der Waals surface area contributed by atoms with Gasteiger partial charge in [-0.1, -0.05) is 0 Å². The minimum atomic E-state index is -0.293. The van der Waals surface area contributed by atoms with Gasteiger partial charge in [0.2, 0.25) is 0 Å². The summed E-state index contributed by atoms with van der Waals surface area (Å²) in [6, 6.07) is 9.84. The molecule has 1 amide bonds. The number of carbonyl (C=O) groups is 1. The third-order valence-corrected chi connectivity index (χ3v) is 6.66. The van der Waals surface area contributed by atoms with Crippen molar-refractivity contribution < 1.29 is 9.53 Å². The first-order chi connectivity index (χ1) is 16.5. The second-order valence-corrected chi connectivity index (χ2v) is 9.08. The Morgan fingerprint density at radius 2 is 1.94 bits per heavy atom. The van der Waals surface area contributed by atoms with Crippen LogP contribution in [0.1, 0.15) is 23.3 Å². The number of benzene rings is 1. The zero-order valence-electron chi connectivity index (χ0n) is 19.8. The van der Waals surface area contributed by atoms with Crippen LogP contribution in [0.15, 0.2) is 36.5 Å². The number of methoxy groups -OCH3 is 1. The molecule has 0 spiro atoms. The standard InChI is InChI=1S/C24H32N8O2/c1-29-10-12-30(13-11-29)18-5-6-19(21(14-18)34-2)27-24(33)20-15-26-22-7-8-23(28-32(20)22)31-9-3-4-17(25)16-31/h5-8,14-15,17H,3-4,9-13,16,25H2,1-2H3,(H,27,33)/t17-/m1/s1. The quantitative estimate of drug-likeness (QED) is 0.588. The van der Waals surface area contributed by atoms with Crippen molar-refractivity contribution in [3.63, 3.8) is 0 Å². The average Bonchev–Trinajstić information content (AvgIpc) is 3.28. The van der Waals surface area contributed by atoms with Gasteiger partial charge in [0.15, 0.2) is 11.3 Å². The van der Waals surface area contributed by atoms with Gasteiger partial charge in [-0.3, -0.25) is 4.79 Å². The molecular formula is C24H32N8O2. The van der Waals surface area contributed by atoms with E-state index in [0.29, 0.717) is 22.8 Å². The maximum Gasteiger partial charge on any atom is 0.276 e. The molecule has 34 heavy (non-hydrogen) atoms. The molecule has 1 aromatic carbocycles. The number of ether oxygens (including phenoxy) is 1. The predicted molar refractivity (Wildman–Crippen MR) is 133 cm³/mol. The molecule has 2 fully saturated rings. The van der Waals surface area contributed by atoms with Crippen LogP contribution in [-0.4, -0.2) is 84.9 Å². The van der Waals surface area contributed by atoms with E-state index in [9.17, 15) is 4.79 Å². The van der Waals surface area contributed by atoms with Crippen molar-refractivity contribution in [3.05, 3.63) is 42.2 Å².